The number of alkyl halides is 3. The average Bonchev–Trinajstić information content (AvgIpc) is 3.05. The molecule has 1 amide bonds. The first-order valence-corrected chi connectivity index (χ1v) is 8.06. The van der Waals surface area contributed by atoms with Crippen LogP contribution in [0.25, 0.3) is 0 Å². The van der Waals surface area contributed by atoms with Crippen LogP contribution in [0, 0.1) is 11.6 Å². The molecule has 10 heteroatoms. The van der Waals surface area contributed by atoms with E-state index < -0.39 is 36.0 Å². The monoisotopic (exact) mass is 423 g/mol. The molecular weight excluding hydrogens is 413 g/mol. The van der Waals surface area contributed by atoms with E-state index in [4.69, 9.17) is 0 Å². The van der Waals surface area contributed by atoms with Crippen LogP contribution in [0.5, 0.6) is 0 Å². The van der Waals surface area contributed by atoms with Crippen molar-refractivity contribution in [3.8, 4) is 0 Å². The lowest BCUT2D eigenvalue weighted by molar-refractivity contribution is -0.142. The number of carbonyl (C=O) groups excluding carboxylic acids is 1. The van der Waals surface area contributed by atoms with Gasteiger partial charge in [-0.2, -0.15) is 18.3 Å². The molecule has 1 aromatic carbocycles. The van der Waals surface area contributed by atoms with Gasteiger partial charge in [0, 0.05) is 21.8 Å². The number of aromatic nitrogens is 2. The summed E-state index contributed by atoms with van der Waals surface area (Å²) in [6, 6.07) is 1.56. The van der Waals surface area contributed by atoms with Crippen molar-refractivity contribution in [2.45, 2.75) is 32.0 Å². The van der Waals surface area contributed by atoms with Crippen molar-refractivity contribution in [1.29, 1.82) is 0 Å². The largest absolute Gasteiger partial charge is 0.435 e. The molecule has 0 fully saturated rings. The maximum Gasteiger partial charge on any atom is 0.435 e. The molecule has 2 aromatic rings. The minimum atomic E-state index is -4.59. The molecule has 0 spiro atoms. The summed E-state index contributed by atoms with van der Waals surface area (Å²) in [5, 5.41) is 5.73. The van der Waals surface area contributed by atoms with Crippen LogP contribution >= 0.6 is 15.9 Å². The Hall–Kier alpha value is -1.97. The zero-order valence-corrected chi connectivity index (χ0v) is 14.1. The van der Waals surface area contributed by atoms with Crippen LogP contribution in [-0.2, 0) is 30.4 Å². The highest BCUT2D eigenvalue weighted by Gasteiger charge is 2.40. The molecule has 134 valence electrons. The second-order valence-electron chi connectivity index (χ2n) is 5.58. The zero-order chi connectivity index (χ0) is 18.4. The number of amides is 1. The lowest BCUT2D eigenvalue weighted by Crippen LogP contribution is -2.22. The second-order valence-corrected chi connectivity index (χ2v) is 6.43. The summed E-state index contributed by atoms with van der Waals surface area (Å²) in [6.07, 6.45) is -3.40. The topological polar surface area (TPSA) is 46.9 Å². The molecule has 0 radical (unpaired) electrons. The molecule has 0 saturated carbocycles. The third kappa shape index (κ3) is 3.53. The fraction of sp³-hybridized carbons (Fsp3) is 0.333. The van der Waals surface area contributed by atoms with Crippen LogP contribution in [0.4, 0.5) is 27.6 Å². The second kappa shape index (κ2) is 6.40. The van der Waals surface area contributed by atoms with Gasteiger partial charge in [-0.05, 0) is 41.3 Å². The van der Waals surface area contributed by atoms with Gasteiger partial charge in [-0.3, -0.25) is 9.48 Å². The molecule has 0 saturated heterocycles. The summed E-state index contributed by atoms with van der Waals surface area (Å²) in [5.41, 5.74) is -0.802. The SMILES string of the molecule is O=C(Cn1nc(C(F)(F)F)c2c1CCC2)Nc1c(F)cc(F)cc1Br. The van der Waals surface area contributed by atoms with Crippen LogP contribution < -0.4 is 5.32 Å². The van der Waals surface area contributed by atoms with E-state index in [-0.39, 0.29) is 22.1 Å². The number of hydrogen-bond donors (Lipinski definition) is 1. The molecule has 1 heterocycles. The van der Waals surface area contributed by atoms with Crippen LogP contribution in [0.2, 0.25) is 0 Å². The quantitative estimate of drug-likeness (QED) is 0.756. The standard InChI is InChI=1S/C15H11BrF5N3O/c16-9-4-7(17)5-10(18)13(9)22-12(25)6-24-11-3-1-2-8(11)14(23-24)15(19,20)21/h4-5H,1-3,6H2,(H,22,25). The van der Waals surface area contributed by atoms with Gasteiger partial charge in [-0.1, -0.05) is 0 Å². The van der Waals surface area contributed by atoms with E-state index >= 15 is 0 Å². The number of benzene rings is 1. The van der Waals surface area contributed by atoms with Crippen molar-refractivity contribution < 1.29 is 26.7 Å². The fourth-order valence-corrected chi connectivity index (χ4v) is 3.35. The van der Waals surface area contributed by atoms with E-state index in [1.165, 1.54) is 0 Å². The number of rotatable bonds is 3. The van der Waals surface area contributed by atoms with Crippen molar-refractivity contribution >= 4 is 27.5 Å². The summed E-state index contributed by atoms with van der Waals surface area (Å²) in [7, 11) is 0. The first kappa shape index (κ1) is 17.8. The third-order valence-electron chi connectivity index (χ3n) is 3.84. The number of nitrogens with one attached hydrogen (secondary N) is 1. The Morgan fingerprint density at radius 2 is 2.00 bits per heavy atom. The fourth-order valence-electron chi connectivity index (χ4n) is 2.84. The summed E-state index contributed by atoms with van der Waals surface area (Å²) in [5.74, 6) is -2.60. The van der Waals surface area contributed by atoms with Gasteiger partial charge in [0.15, 0.2) is 11.5 Å². The molecule has 0 unspecified atom stereocenters. The highest BCUT2D eigenvalue weighted by molar-refractivity contribution is 9.10. The van der Waals surface area contributed by atoms with E-state index in [1.54, 1.807) is 0 Å². The van der Waals surface area contributed by atoms with Crippen molar-refractivity contribution in [2.75, 3.05) is 5.32 Å². The Morgan fingerprint density at radius 3 is 2.64 bits per heavy atom. The van der Waals surface area contributed by atoms with E-state index in [2.05, 4.69) is 26.3 Å². The molecule has 1 aliphatic carbocycles. The molecule has 1 aliphatic rings. The predicted molar refractivity (Wildman–Crippen MR) is 81.9 cm³/mol. The Bertz CT molecular complexity index is 823. The van der Waals surface area contributed by atoms with Crippen molar-refractivity contribution in [3.63, 3.8) is 0 Å². The Morgan fingerprint density at radius 1 is 1.28 bits per heavy atom. The van der Waals surface area contributed by atoms with Gasteiger partial charge < -0.3 is 5.32 Å². The highest BCUT2D eigenvalue weighted by Crippen LogP contribution is 2.36. The van der Waals surface area contributed by atoms with Gasteiger partial charge in [0.05, 0.1) is 5.69 Å². The van der Waals surface area contributed by atoms with Gasteiger partial charge in [0.25, 0.3) is 0 Å². The van der Waals surface area contributed by atoms with Crippen molar-refractivity contribution in [2.24, 2.45) is 0 Å². The number of halogens is 6. The maximum atomic E-state index is 13.7. The number of nitrogens with zero attached hydrogens (tertiary/aromatic N) is 2. The Balaban J connectivity index is 1.83. The molecule has 25 heavy (non-hydrogen) atoms. The first-order valence-electron chi connectivity index (χ1n) is 7.27. The number of hydrogen-bond acceptors (Lipinski definition) is 2. The van der Waals surface area contributed by atoms with Crippen LogP contribution in [0.1, 0.15) is 23.4 Å². The average molecular weight is 424 g/mol. The zero-order valence-electron chi connectivity index (χ0n) is 12.6. The third-order valence-corrected chi connectivity index (χ3v) is 4.47. The lowest BCUT2D eigenvalue weighted by Gasteiger charge is -2.10. The normalized spacial score (nSPS) is 13.8. The van der Waals surface area contributed by atoms with Crippen LogP contribution in [-0.4, -0.2) is 15.7 Å². The van der Waals surface area contributed by atoms with Gasteiger partial charge in [0.2, 0.25) is 5.91 Å². The predicted octanol–water partition coefficient (Wildman–Crippen LogP) is 4.07. The van der Waals surface area contributed by atoms with E-state index in [0.29, 0.717) is 24.6 Å². The van der Waals surface area contributed by atoms with Gasteiger partial charge in [0.1, 0.15) is 12.4 Å². The highest BCUT2D eigenvalue weighted by atomic mass is 79.9. The lowest BCUT2D eigenvalue weighted by atomic mass is 10.2. The molecule has 4 nitrogen and oxygen atoms in total. The minimum Gasteiger partial charge on any atom is -0.321 e. The van der Waals surface area contributed by atoms with Crippen LogP contribution in [0.15, 0.2) is 16.6 Å². The van der Waals surface area contributed by atoms with Crippen LogP contribution in [0.3, 0.4) is 0 Å². The number of carbonyl (C=O) groups is 1. The van der Waals surface area contributed by atoms with Gasteiger partial charge in [-0.15, -0.1) is 0 Å². The van der Waals surface area contributed by atoms with E-state index in [9.17, 15) is 26.7 Å². The number of anilines is 1. The maximum absolute atomic E-state index is 13.7. The molecule has 0 bridgehead atoms. The minimum absolute atomic E-state index is 0.0139. The summed E-state index contributed by atoms with van der Waals surface area (Å²) < 4.78 is 66.8. The number of fused-ring (bicyclic) bond motifs is 1. The molecule has 0 atom stereocenters. The molecule has 3 rings (SSSR count). The van der Waals surface area contributed by atoms with E-state index in [1.807, 2.05) is 0 Å². The van der Waals surface area contributed by atoms with Crippen molar-refractivity contribution in [1.82, 2.24) is 9.78 Å². The van der Waals surface area contributed by atoms with Gasteiger partial charge >= 0.3 is 6.18 Å². The Labute approximate surface area is 147 Å². The molecule has 1 aromatic heterocycles. The summed E-state index contributed by atoms with van der Waals surface area (Å²) >= 11 is 2.93. The first-order chi connectivity index (χ1) is 11.7. The molecule has 1 N–H and O–H groups in total. The molecular formula is C15H11BrF5N3O. The van der Waals surface area contributed by atoms with Crippen molar-refractivity contribution in [3.05, 3.63) is 45.2 Å². The smallest absolute Gasteiger partial charge is 0.321 e. The van der Waals surface area contributed by atoms with Gasteiger partial charge in [-0.25, -0.2) is 8.78 Å². The Kier molecular flexibility index (Phi) is 4.56. The summed E-state index contributed by atoms with van der Waals surface area (Å²) in [4.78, 5) is 12.1. The summed E-state index contributed by atoms with van der Waals surface area (Å²) in [6.45, 7) is -0.498. The molecule has 0 aliphatic heterocycles. The van der Waals surface area contributed by atoms with E-state index in [0.717, 1.165) is 10.7 Å².